The molecule has 1 amide bonds. The smallest absolute Gasteiger partial charge is 0.267 e. The number of halogens is 1. The molecule has 0 heterocycles. The minimum Gasteiger partial charge on any atom is -0.399 e. The van der Waals surface area contributed by atoms with E-state index in [4.69, 9.17) is 17.3 Å². The van der Waals surface area contributed by atoms with Crippen LogP contribution in [0.2, 0.25) is 5.02 Å². The van der Waals surface area contributed by atoms with Crippen LogP contribution in [-0.2, 0) is 4.79 Å². The predicted octanol–water partition coefficient (Wildman–Crippen LogP) is 5.53. The van der Waals surface area contributed by atoms with Crippen LogP contribution in [0.4, 0.5) is 17.1 Å². The maximum atomic E-state index is 12.6. The summed E-state index contributed by atoms with van der Waals surface area (Å²) in [5, 5.41) is 15.5. The van der Waals surface area contributed by atoms with Gasteiger partial charge in [-0.3, -0.25) is 4.79 Å². The van der Waals surface area contributed by atoms with Crippen LogP contribution >= 0.6 is 23.4 Å². The second-order valence-electron chi connectivity index (χ2n) is 5.92. The Kier molecular flexibility index (Phi) is 6.80. The Morgan fingerprint density at radius 3 is 2.48 bits per heavy atom. The fourth-order valence-electron chi connectivity index (χ4n) is 2.41. The van der Waals surface area contributed by atoms with Gasteiger partial charge in [0.15, 0.2) is 0 Å². The number of nitrogen functional groups attached to an aromatic ring is 1. The summed E-state index contributed by atoms with van der Waals surface area (Å²) in [4.78, 5) is 14.5. The van der Waals surface area contributed by atoms with Crippen molar-refractivity contribution in [3.63, 3.8) is 0 Å². The van der Waals surface area contributed by atoms with Crippen molar-refractivity contribution in [2.75, 3.05) is 16.4 Å². The van der Waals surface area contributed by atoms with E-state index >= 15 is 0 Å². The standard InChI is InChI=1S/C22H17ClN4OS/c23-18-12-16(25)10-11-19(18)26-14-15(13-24)22(28)27-20-8-4-5-9-21(20)29-17-6-2-1-3-7-17/h1-12,14,26H,25H2,(H,27,28)/b15-14-. The summed E-state index contributed by atoms with van der Waals surface area (Å²) in [6, 6.07) is 24.1. The molecule has 5 nitrogen and oxygen atoms in total. The maximum absolute atomic E-state index is 12.6. The van der Waals surface area contributed by atoms with E-state index in [0.29, 0.717) is 22.1 Å². The lowest BCUT2D eigenvalue weighted by Gasteiger charge is -2.11. The third-order valence-corrected chi connectivity index (χ3v) is 5.23. The summed E-state index contributed by atoms with van der Waals surface area (Å²) < 4.78 is 0. The SMILES string of the molecule is N#C/C(=C/Nc1ccc(N)cc1Cl)C(=O)Nc1ccccc1Sc1ccccc1. The predicted molar refractivity (Wildman–Crippen MR) is 119 cm³/mol. The highest BCUT2D eigenvalue weighted by atomic mass is 35.5. The number of nitrogens with two attached hydrogens (primary N) is 1. The molecule has 0 saturated carbocycles. The molecule has 4 N–H and O–H groups in total. The number of rotatable bonds is 6. The number of amides is 1. The second kappa shape index (κ2) is 9.69. The van der Waals surface area contributed by atoms with Gasteiger partial charge in [0.2, 0.25) is 0 Å². The summed E-state index contributed by atoms with van der Waals surface area (Å²) in [5.41, 5.74) is 7.27. The lowest BCUT2D eigenvalue weighted by Crippen LogP contribution is -2.15. The molecule has 3 rings (SSSR count). The molecular weight excluding hydrogens is 404 g/mol. The van der Waals surface area contributed by atoms with Crippen molar-refractivity contribution < 1.29 is 4.79 Å². The highest BCUT2D eigenvalue weighted by Crippen LogP contribution is 2.33. The van der Waals surface area contributed by atoms with Gasteiger partial charge in [-0.15, -0.1) is 0 Å². The number of para-hydroxylation sites is 1. The van der Waals surface area contributed by atoms with Gasteiger partial charge < -0.3 is 16.4 Å². The van der Waals surface area contributed by atoms with E-state index in [-0.39, 0.29) is 5.57 Å². The van der Waals surface area contributed by atoms with E-state index in [9.17, 15) is 10.1 Å². The summed E-state index contributed by atoms with van der Waals surface area (Å²) in [5.74, 6) is -0.521. The van der Waals surface area contributed by atoms with E-state index in [2.05, 4.69) is 10.6 Å². The van der Waals surface area contributed by atoms with Crippen LogP contribution in [0.25, 0.3) is 0 Å². The van der Waals surface area contributed by atoms with E-state index in [0.717, 1.165) is 9.79 Å². The first-order valence-corrected chi connectivity index (χ1v) is 9.81. The van der Waals surface area contributed by atoms with Gasteiger partial charge in [0.1, 0.15) is 11.6 Å². The maximum Gasteiger partial charge on any atom is 0.267 e. The molecule has 0 atom stereocenters. The highest BCUT2D eigenvalue weighted by Gasteiger charge is 2.12. The van der Waals surface area contributed by atoms with Crippen molar-refractivity contribution in [3.8, 4) is 6.07 Å². The average molecular weight is 421 g/mol. The van der Waals surface area contributed by atoms with Crippen LogP contribution < -0.4 is 16.4 Å². The Labute approximate surface area is 178 Å². The lowest BCUT2D eigenvalue weighted by atomic mass is 10.2. The molecule has 0 radical (unpaired) electrons. The van der Waals surface area contributed by atoms with Gasteiger partial charge in [-0.1, -0.05) is 53.7 Å². The Morgan fingerprint density at radius 2 is 1.76 bits per heavy atom. The number of anilines is 3. The second-order valence-corrected chi connectivity index (χ2v) is 7.44. The van der Waals surface area contributed by atoms with E-state index in [1.54, 1.807) is 24.3 Å². The van der Waals surface area contributed by atoms with Crippen LogP contribution in [0.1, 0.15) is 0 Å². The first-order valence-electron chi connectivity index (χ1n) is 8.62. The monoisotopic (exact) mass is 420 g/mol. The summed E-state index contributed by atoms with van der Waals surface area (Å²) in [6.07, 6.45) is 1.32. The molecule has 0 spiro atoms. The molecule has 0 unspecified atom stereocenters. The number of benzene rings is 3. The molecular formula is C22H17ClN4OS. The Morgan fingerprint density at radius 1 is 1.03 bits per heavy atom. The quantitative estimate of drug-likeness (QED) is 0.277. The largest absolute Gasteiger partial charge is 0.399 e. The van der Waals surface area contributed by atoms with Gasteiger partial charge in [-0.25, -0.2) is 0 Å². The van der Waals surface area contributed by atoms with Crippen molar-refractivity contribution in [2.24, 2.45) is 0 Å². The highest BCUT2D eigenvalue weighted by molar-refractivity contribution is 7.99. The zero-order chi connectivity index (χ0) is 20.6. The number of carbonyl (C=O) groups excluding carboxylic acids is 1. The van der Waals surface area contributed by atoms with Crippen molar-refractivity contribution >= 4 is 46.3 Å². The number of carbonyl (C=O) groups is 1. The molecule has 0 aliphatic heterocycles. The molecule has 0 saturated heterocycles. The van der Waals surface area contributed by atoms with Gasteiger partial charge >= 0.3 is 0 Å². The Balaban J connectivity index is 1.75. The van der Waals surface area contributed by atoms with Crippen LogP contribution in [0, 0.1) is 11.3 Å². The minimum absolute atomic E-state index is 0.0857. The topological polar surface area (TPSA) is 90.9 Å². The molecule has 7 heteroatoms. The molecule has 0 fully saturated rings. The molecule has 3 aromatic rings. The minimum atomic E-state index is -0.521. The van der Waals surface area contributed by atoms with Crippen LogP contribution in [0.5, 0.6) is 0 Å². The van der Waals surface area contributed by atoms with Gasteiger partial charge in [-0.2, -0.15) is 5.26 Å². The zero-order valence-electron chi connectivity index (χ0n) is 15.2. The molecule has 3 aromatic carbocycles. The lowest BCUT2D eigenvalue weighted by molar-refractivity contribution is -0.112. The number of nitrogens with zero attached hydrogens (tertiary/aromatic N) is 1. The van der Waals surface area contributed by atoms with Crippen molar-refractivity contribution in [3.05, 3.63) is 89.6 Å². The van der Waals surface area contributed by atoms with E-state index in [1.165, 1.54) is 18.0 Å². The third-order valence-electron chi connectivity index (χ3n) is 3.84. The van der Waals surface area contributed by atoms with Gasteiger partial charge in [0, 0.05) is 21.7 Å². The molecule has 0 aliphatic carbocycles. The average Bonchev–Trinajstić information content (AvgIpc) is 2.72. The van der Waals surface area contributed by atoms with Crippen molar-refractivity contribution in [1.29, 1.82) is 5.26 Å². The van der Waals surface area contributed by atoms with Crippen LogP contribution in [0.15, 0.2) is 94.4 Å². The summed E-state index contributed by atoms with van der Waals surface area (Å²) in [7, 11) is 0. The number of nitriles is 1. The molecule has 0 aromatic heterocycles. The van der Waals surface area contributed by atoms with Gasteiger partial charge in [0.25, 0.3) is 5.91 Å². The fourth-order valence-corrected chi connectivity index (χ4v) is 3.58. The first-order chi connectivity index (χ1) is 14.1. The summed E-state index contributed by atoms with van der Waals surface area (Å²) >= 11 is 7.63. The molecule has 144 valence electrons. The van der Waals surface area contributed by atoms with Crippen molar-refractivity contribution in [1.82, 2.24) is 0 Å². The Bertz CT molecular complexity index is 1090. The number of nitrogens with one attached hydrogen (secondary N) is 2. The zero-order valence-corrected chi connectivity index (χ0v) is 16.8. The van der Waals surface area contributed by atoms with Crippen molar-refractivity contribution in [2.45, 2.75) is 9.79 Å². The molecule has 29 heavy (non-hydrogen) atoms. The van der Waals surface area contributed by atoms with E-state index in [1.807, 2.05) is 54.6 Å². The first kappa shape index (κ1) is 20.3. The number of hydrogen-bond donors (Lipinski definition) is 3. The number of hydrogen-bond acceptors (Lipinski definition) is 5. The fraction of sp³-hybridized carbons (Fsp3) is 0. The third kappa shape index (κ3) is 5.55. The molecule has 0 bridgehead atoms. The van der Waals surface area contributed by atoms with Gasteiger partial charge in [0.05, 0.1) is 16.4 Å². The Hall–Kier alpha value is -3.40. The van der Waals surface area contributed by atoms with Gasteiger partial charge in [-0.05, 0) is 42.5 Å². The van der Waals surface area contributed by atoms with Crippen LogP contribution in [0.3, 0.4) is 0 Å². The normalized spacial score (nSPS) is 10.8. The summed E-state index contributed by atoms with van der Waals surface area (Å²) in [6.45, 7) is 0. The van der Waals surface area contributed by atoms with E-state index < -0.39 is 5.91 Å². The van der Waals surface area contributed by atoms with Crippen LogP contribution in [-0.4, -0.2) is 5.91 Å². The molecule has 0 aliphatic rings.